The van der Waals surface area contributed by atoms with E-state index in [-0.39, 0.29) is 5.91 Å². The van der Waals surface area contributed by atoms with E-state index in [0.717, 1.165) is 37.3 Å². The maximum atomic E-state index is 11.8. The number of aromatic nitrogens is 2. The first-order chi connectivity index (χ1) is 8.61. The van der Waals surface area contributed by atoms with Gasteiger partial charge in [-0.3, -0.25) is 9.48 Å². The molecule has 0 aliphatic heterocycles. The first-order valence-corrected chi connectivity index (χ1v) is 6.64. The van der Waals surface area contributed by atoms with Crippen LogP contribution >= 0.6 is 0 Å². The Kier molecular flexibility index (Phi) is 4.01. The Bertz CT molecular complexity index is 434. The van der Waals surface area contributed by atoms with Crippen molar-refractivity contribution in [2.75, 3.05) is 6.54 Å². The summed E-state index contributed by atoms with van der Waals surface area (Å²) in [5.41, 5.74) is 3.29. The number of amides is 1. The Morgan fingerprint density at radius 3 is 2.78 bits per heavy atom. The number of hydrogen-bond acceptors (Lipinski definition) is 3. The minimum atomic E-state index is 0.0677. The predicted molar refractivity (Wildman–Crippen MR) is 70.2 cm³/mol. The standard InChI is InChI=1S/C13H22N4O/c1-4-14-7-12-9(2)16-17(10(12)3)8-13(18)15-11-5-6-11/h11,14H,4-8H2,1-3H3,(H,15,18). The van der Waals surface area contributed by atoms with Crippen LogP contribution in [0, 0.1) is 13.8 Å². The lowest BCUT2D eigenvalue weighted by molar-refractivity contribution is -0.122. The summed E-state index contributed by atoms with van der Waals surface area (Å²) < 4.78 is 1.81. The highest BCUT2D eigenvalue weighted by Gasteiger charge is 2.23. The third-order valence-corrected chi connectivity index (χ3v) is 3.32. The van der Waals surface area contributed by atoms with Crippen LogP contribution in [0.5, 0.6) is 0 Å². The number of carbonyl (C=O) groups excluding carboxylic acids is 1. The van der Waals surface area contributed by atoms with Crippen LogP contribution in [-0.2, 0) is 17.9 Å². The summed E-state index contributed by atoms with van der Waals surface area (Å²) in [5.74, 6) is 0.0677. The van der Waals surface area contributed by atoms with E-state index < -0.39 is 0 Å². The van der Waals surface area contributed by atoms with Gasteiger partial charge >= 0.3 is 0 Å². The second-order valence-corrected chi connectivity index (χ2v) is 4.93. The highest BCUT2D eigenvalue weighted by atomic mass is 16.2. The second-order valence-electron chi connectivity index (χ2n) is 4.93. The third kappa shape index (κ3) is 3.10. The van der Waals surface area contributed by atoms with Crippen molar-refractivity contribution < 1.29 is 4.79 Å². The molecular weight excluding hydrogens is 228 g/mol. The number of rotatable bonds is 6. The van der Waals surface area contributed by atoms with Crippen molar-refractivity contribution in [2.24, 2.45) is 0 Å². The Hall–Kier alpha value is -1.36. The first kappa shape index (κ1) is 13.1. The van der Waals surface area contributed by atoms with Gasteiger partial charge in [0, 0.05) is 23.8 Å². The van der Waals surface area contributed by atoms with Gasteiger partial charge in [-0.15, -0.1) is 0 Å². The van der Waals surface area contributed by atoms with Crippen molar-refractivity contribution in [3.63, 3.8) is 0 Å². The lowest BCUT2D eigenvalue weighted by Crippen LogP contribution is -2.30. The molecule has 18 heavy (non-hydrogen) atoms. The number of nitrogens with one attached hydrogen (secondary N) is 2. The molecule has 1 aromatic rings. The van der Waals surface area contributed by atoms with E-state index in [4.69, 9.17) is 0 Å². The molecule has 5 heteroatoms. The molecule has 0 unspecified atom stereocenters. The molecule has 0 radical (unpaired) electrons. The molecule has 0 saturated heterocycles. The molecule has 0 spiro atoms. The number of carbonyl (C=O) groups is 1. The van der Waals surface area contributed by atoms with Crippen molar-refractivity contribution in [3.8, 4) is 0 Å². The highest BCUT2D eigenvalue weighted by molar-refractivity contribution is 5.76. The van der Waals surface area contributed by atoms with Crippen molar-refractivity contribution in [1.29, 1.82) is 0 Å². The molecule has 1 amide bonds. The second kappa shape index (κ2) is 5.52. The highest BCUT2D eigenvalue weighted by Crippen LogP contribution is 2.18. The van der Waals surface area contributed by atoms with Crippen LogP contribution in [0.3, 0.4) is 0 Å². The fourth-order valence-electron chi connectivity index (χ4n) is 2.03. The van der Waals surface area contributed by atoms with Gasteiger partial charge in [-0.25, -0.2) is 0 Å². The molecule has 0 bridgehead atoms. The van der Waals surface area contributed by atoms with Gasteiger partial charge in [0.25, 0.3) is 0 Å². The van der Waals surface area contributed by atoms with Crippen molar-refractivity contribution >= 4 is 5.91 Å². The zero-order valence-corrected chi connectivity index (χ0v) is 11.4. The molecule has 1 aromatic heterocycles. The molecule has 1 aliphatic carbocycles. The summed E-state index contributed by atoms with van der Waals surface area (Å²) in [4.78, 5) is 11.8. The molecular formula is C13H22N4O. The number of aryl methyl sites for hydroxylation is 1. The van der Waals surface area contributed by atoms with Crippen LogP contribution in [0.25, 0.3) is 0 Å². The Morgan fingerprint density at radius 1 is 1.44 bits per heavy atom. The van der Waals surface area contributed by atoms with Gasteiger partial charge in [-0.05, 0) is 33.2 Å². The van der Waals surface area contributed by atoms with E-state index in [1.807, 2.05) is 13.8 Å². The molecule has 1 heterocycles. The smallest absolute Gasteiger partial charge is 0.241 e. The Labute approximate surface area is 108 Å². The van der Waals surface area contributed by atoms with Crippen molar-refractivity contribution in [3.05, 3.63) is 17.0 Å². The van der Waals surface area contributed by atoms with E-state index in [2.05, 4.69) is 22.7 Å². The van der Waals surface area contributed by atoms with Gasteiger partial charge in [0.15, 0.2) is 0 Å². The Balaban J connectivity index is 2.00. The molecule has 100 valence electrons. The van der Waals surface area contributed by atoms with Gasteiger partial charge in [-0.2, -0.15) is 5.10 Å². The molecule has 0 aromatic carbocycles. The number of hydrogen-bond donors (Lipinski definition) is 2. The maximum Gasteiger partial charge on any atom is 0.241 e. The van der Waals surface area contributed by atoms with Crippen LogP contribution in [0.15, 0.2) is 0 Å². The van der Waals surface area contributed by atoms with Gasteiger partial charge in [-0.1, -0.05) is 6.92 Å². The molecule has 0 atom stereocenters. The summed E-state index contributed by atoms with van der Waals surface area (Å²) in [6.45, 7) is 8.18. The third-order valence-electron chi connectivity index (χ3n) is 3.32. The lowest BCUT2D eigenvalue weighted by atomic mass is 10.2. The Morgan fingerprint density at radius 2 is 2.17 bits per heavy atom. The van der Waals surface area contributed by atoms with Gasteiger partial charge in [0.05, 0.1) is 5.69 Å². The zero-order valence-electron chi connectivity index (χ0n) is 11.4. The van der Waals surface area contributed by atoms with Crippen LogP contribution < -0.4 is 10.6 Å². The lowest BCUT2D eigenvalue weighted by Gasteiger charge is -2.06. The van der Waals surface area contributed by atoms with E-state index in [1.54, 1.807) is 4.68 Å². The molecule has 1 saturated carbocycles. The minimum Gasteiger partial charge on any atom is -0.352 e. The average Bonchev–Trinajstić information content (AvgIpc) is 3.07. The van der Waals surface area contributed by atoms with Gasteiger partial charge in [0.2, 0.25) is 5.91 Å². The predicted octanol–water partition coefficient (Wildman–Crippen LogP) is 0.888. The van der Waals surface area contributed by atoms with E-state index >= 15 is 0 Å². The summed E-state index contributed by atoms with van der Waals surface area (Å²) >= 11 is 0. The fraction of sp³-hybridized carbons (Fsp3) is 0.692. The topological polar surface area (TPSA) is 59.0 Å². The van der Waals surface area contributed by atoms with Gasteiger partial charge in [0.1, 0.15) is 6.54 Å². The normalized spacial score (nSPS) is 14.8. The summed E-state index contributed by atoms with van der Waals surface area (Å²) in [6.07, 6.45) is 2.24. The molecule has 1 fully saturated rings. The van der Waals surface area contributed by atoms with E-state index in [9.17, 15) is 4.79 Å². The minimum absolute atomic E-state index is 0.0677. The molecule has 5 nitrogen and oxygen atoms in total. The monoisotopic (exact) mass is 250 g/mol. The first-order valence-electron chi connectivity index (χ1n) is 6.64. The van der Waals surface area contributed by atoms with Crippen LogP contribution in [0.4, 0.5) is 0 Å². The van der Waals surface area contributed by atoms with Crippen molar-refractivity contribution in [2.45, 2.75) is 52.7 Å². The molecule has 2 rings (SSSR count). The van der Waals surface area contributed by atoms with E-state index in [1.165, 1.54) is 5.56 Å². The SMILES string of the molecule is CCNCc1c(C)nn(CC(=O)NC2CC2)c1C. The van der Waals surface area contributed by atoms with Crippen LogP contribution in [-0.4, -0.2) is 28.3 Å². The quantitative estimate of drug-likeness (QED) is 0.788. The van der Waals surface area contributed by atoms with E-state index in [0.29, 0.717) is 12.6 Å². The largest absolute Gasteiger partial charge is 0.352 e. The van der Waals surface area contributed by atoms with Gasteiger partial charge < -0.3 is 10.6 Å². The molecule has 2 N–H and O–H groups in total. The molecule has 1 aliphatic rings. The average molecular weight is 250 g/mol. The zero-order chi connectivity index (χ0) is 13.1. The number of nitrogens with zero attached hydrogens (tertiary/aromatic N) is 2. The summed E-state index contributed by atoms with van der Waals surface area (Å²) in [7, 11) is 0. The fourth-order valence-corrected chi connectivity index (χ4v) is 2.03. The van der Waals surface area contributed by atoms with Crippen molar-refractivity contribution in [1.82, 2.24) is 20.4 Å². The summed E-state index contributed by atoms with van der Waals surface area (Å²) in [6, 6.07) is 0.413. The summed E-state index contributed by atoms with van der Waals surface area (Å²) in [5, 5.41) is 10.7. The maximum absolute atomic E-state index is 11.8. The van der Waals surface area contributed by atoms with Crippen LogP contribution in [0.1, 0.15) is 36.7 Å². The van der Waals surface area contributed by atoms with Crippen LogP contribution in [0.2, 0.25) is 0 Å².